The number of ether oxygens (including phenoxy) is 1. The van der Waals surface area contributed by atoms with Crippen molar-refractivity contribution in [2.24, 2.45) is 0 Å². The summed E-state index contributed by atoms with van der Waals surface area (Å²) in [6.07, 6.45) is -0.889. The number of hydrogen-bond donors (Lipinski definition) is 1. The van der Waals surface area contributed by atoms with Crippen LogP contribution < -0.4 is 5.32 Å². The summed E-state index contributed by atoms with van der Waals surface area (Å²) in [5, 5.41) is 3.34. The van der Waals surface area contributed by atoms with E-state index >= 15 is 0 Å². The number of thioether (sulfide) groups is 1. The summed E-state index contributed by atoms with van der Waals surface area (Å²) in [4.78, 5) is 29.3. The van der Waals surface area contributed by atoms with Crippen LogP contribution in [0, 0.1) is 0 Å². The molecule has 0 radical (unpaired) electrons. The Morgan fingerprint density at radius 3 is 2.55 bits per heavy atom. The molecule has 0 spiro atoms. The van der Waals surface area contributed by atoms with Crippen LogP contribution in [0.2, 0.25) is 0 Å². The molecule has 6 nitrogen and oxygen atoms in total. The van der Waals surface area contributed by atoms with Crippen molar-refractivity contribution in [1.29, 1.82) is 0 Å². The Kier molecular flexibility index (Phi) is 6.27. The number of carbonyl (C=O) groups excluding carboxylic acids is 2. The molecule has 0 unspecified atom stereocenters. The molecular weight excluding hydrogens is 388 g/mol. The summed E-state index contributed by atoms with van der Waals surface area (Å²) in [7, 11) is 0. The first-order chi connectivity index (χ1) is 13.7. The van der Waals surface area contributed by atoms with Crippen LogP contribution in [-0.2, 0) is 15.3 Å². The van der Waals surface area contributed by atoms with E-state index in [-0.39, 0.29) is 5.91 Å². The van der Waals surface area contributed by atoms with Crippen molar-refractivity contribution in [2.75, 3.05) is 0 Å². The zero-order valence-electron chi connectivity index (χ0n) is 16.9. The second-order valence-electron chi connectivity index (χ2n) is 7.68. The zero-order chi connectivity index (χ0) is 21.0. The highest BCUT2D eigenvalue weighted by Gasteiger charge is 2.24. The Morgan fingerprint density at radius 2 is 1.83 bits per heavy atom. The predicted molar refractivity (Wildman–Crippen MR) is 113 cm³/mol. The molecule has 0 saturated heterocycles. The summed E-state index contributed by atoms with van der Waals surface area (Å²) >= 11 is 1.40. The minimum atomic E-state index is -0.889. The van der Waals surface area contributed by atoms with Crippen LogP contribution in [0.1, 0.15) is 43.6 Å². The first kappa shape index (κ1) is 20.9. The first-order valence-corrected chi connectivity index (χ1v) is 10.3. The number of carbonyl (C=O) groups is 2. The average molecular weight is 413 g/mol. The van der Waals surface area contributed by atoms with Gasteiger partial charge in [-0.25, -0.2) is 9.78 Å². The van der Waals surface area contributed by atoms with Crippen molar-refractivity contribution < 1.29 is 18.7 Å². The molecule has 0 aliphatic rings. The molecule has 0 saturated carbocycles. The van der Waals surface area contributed by atoms with Crippen LogP contribution in [0.5, 0.6) is 0 Å². The molecule has 1 heterocycles. The molecule has 152 valence electrons. The molecule has 29 heavy (non-hydrogen) atoms. The monoisotopic (exact) mass is 412 g/mol. The number of oxazole rings is 1. The average Bonchev–Trinajstić information content (AvgIpc) is 3.08. The van der Waals surface area contributed by atoms with E-state index in [1.807, 2.05) is 57.2 Å². The van der Waals surface area contributed by atoms with Gasteiger partial charge in [-0.2, -0.15) is 0 Å². The quantitative estimate of drug-likeness (QED) is 0.471. The van der Waals surface area contributed by atoms with E-state index in [1.54, 1.807) is 19.1 Å². The van der Waals surface area contributed by atoms with E-state index in [2.05, 4.69) is 10.3 Å². The van der Waals surface area contributed by atoms with Gasteiger partial charge in [-0.15, -0.1) is 0 Å². The maximum atomic E-state index is 12.6. The van der Waals surface area contributed by atoms with Crippen LogP contribution in [0.4, 0.5) is 0 Å². The van der Waals surface area contributed by atoms with Crippen molar-refractivity contribution in [2.45, 2.75) is 50.3 Å². The third kappa shape index (κ3) is 5.60. The molecule has 0 aliphatic heterocycles. The van der Waals surface area contributed by atoms with Gasteiger partial charge in [0.2, 0.25) is 0 Å². The van der Waals surface area contributed by atoms with Crippen LogP contribution in [-0.4, -0.2) is 28.5 Å². The summed E-state index contributed by atoms with van der Waals surface area (Å²) in [5.41, 5.74) is 2.33. The zero-order valence-corrected chi connectivity index (χ0v) is 17.7. The van der Waals surface area contributed by atoms with Crippen molar-refractivity contribution in [1.82, 2.24) is 10.3 Å². The minimum absolute atomic E-state index is 0.329. The Bertz CT molecular complexity index is 990. The highest BCUT2D eigenvalue weighted by Crippen LogP contribution is 2.27. The van der Waals surface area contributed by atoms with Crippen molar-refractivity contribution in [3.05, 3.63) is 59.7 Å². The van der Waals surface area contributed by atoms with Gasteiger partial charge in [0.1, 0.15) is 5.52 Å². The van der Waals surface area contributed by atoms with E-state index in [1.165, 1.54) is 11.8 Å². The largest absolute Gasteiger partial charge is 0.449 e. The minimum Gasteiger partial charge on any atom is -0.449 e. The molecular formula is C22H24N2O4S. The maximum absolute atomic E-state index is 12.6. The van der Waals surface area contributed by atoms with Crippen LogP contribution >= 0.6 is 11.8 Å². The van der Waals surface area contributed by atoms with Gasteiger partial charge in [0.05, 0.1) is 5.56 Å². The van der Waals surface area contributed by atoms with Gasteiger partial charge in [0.15, 0.2) is 11.7 Å². The van der Waals surface area contributed by atoms with Gasteiger partial charge in [0, 0.05) is 11.3 Å². The Balaban J connectivity index is 1.67. The molecule has 0 fully saturated rings. The van der Waals surface area contributed by atoms with E-state index in [9.17, 15) is 9.59 Å². The number of nitrogens with one attached hydrogen (secondary N) is 1. The molecule has 1 N–H and O–H groups in total. The van der Waals surface area contributed by atoms with Crippen molar-refractivity contribution in [3.8, 4) is 0 Å². The standard InChI is InChI=1S/C22H24N2O4S/c1-14(19(25)24-22(2,3)4)27-20(26)16-10-6-5-9-15(16)13-29-21-23-17-11-7-8-12-18(17)28-21/h5-12,14H,13H2,1-4H3,(H,24,25)/t14-/m1/s1. The molecule has 1 atom stereocenters. The SMILES string of the molecule is C[C@@H](OC(=O)c1ccccc1CSc1nc2ccccc2o1)C(=O)NC(C)(C)C. The summed E-state index contributed by atoms with van der Waals surface area (Å²) in [6.45, 7) is 7.18. The third-order valence-corrected chi connectivity index (χ3v) is 4.89. The lowest BCUT2D eigenvalue weighted by atomic mass is 10.1. The van der Waals surface area contributed by atoms with E-state index in [0.717, 1.165) is 16.7 Å². The smallest absolute Gasteiger partial charge is 0.339 e. The molecule has 1 aromatic heterocycles. The normalized spacial score (nSPS) is 12.6. The highest BCUT2D eigenvalue weighted by molar-refractivity contribution is 7.98. The van der Waals surface area contributed by atoms with Crippen LogP contribution in [0.15, 0.2) is 58.2 Å². The second kappa shape index (κ2) is 8.69. The van der Waals surface area contributed by atoms with E-state index < -0.39 is 17.6 Å². The number of rotatable bonds is 6. The van der Waals surface area contributed by atoms with Crippen LogP contribution in [0.25, 0.3) is 11.1 Å². The number of hydrogen-bond acceptors (Lipinski definition) is 6. The fourth-order valence-electron chi connectivity index (χ4n) is 2.65. The lowest BCUT2D eigenvalue weighted by Gasteiger charge is -2.23. The van der Waals surface area contributed by atoms with Gasteiger partial charge >= 0.3 is 5.97 Å². The molecule has 7 heteroatoms. The number of benzene rings is 2. The molecule has 3 aromatic rings. The lowest BCUT2D eigenvalue weighted by molar-refractivity contribution is -0.130. The summed E-state index contributed by atoms with van der Waals surface area (Å²) < 4.78 is 11.1. The molecule has 0 bridgehead atoms. The van der Waals surface area contributed by atoms with Gasteiger partial charge in [-0.1, -0.05) is 42.1 Å². The van der Waals surface area contributed by atoms with Gasteiger partial charge < -0.3 is 14.5 Å². The number of aromatic nitrogens is 1. The first-order valence-electron chi connectivity index (χ1n) is 9.32. The highest BCUT2D eigenvalue weighted by atomic mass is 32.2. The second-order valence-corrected chi connectivity index (χ2v) is 8.61. The lowest BCUT2D eigenvalue weighted by Crippen LogP contribution is -2.46. The third-order valence-electron chi connectivity index (χ3n) is 4.01. The number of nitrogens with zero attached hydrogens (tertiary/aromatic N) is 1. The number of amides is 1. The molecule has 2 aromatic carbocycles. The summed E-state index contributed by atoms with van der Waals surface area (Å²) in [6, 6.07) is 14.7. The predicted octanol–water partition coefficient (Wildman–Crippen LogP) is 4.58. The van der Waals surface area contributed by atoms with E-state index in [4.69, 9.17) is 9.15 Å². The Hall–Kier alpha value is -2.80. The fraction of sp³-hybridized carbons (Fsp3) is 0.318. The number of fused-ring (bicyclic) bond motifs is 1. The van der Waals surface area contributed by atoms with Gasteiger partial charge in [-0.3, -0.25) is 4.79 Å². The van der Waals surface area contributed by atoms with Crippen molar-refractivity contribution >= 4 is 34.7 Å². The van der Waals surface area contributed by atoms with Gasteiger partial charge in [0.25, 0.3) is 11.1 Å². The molecule has 0 aliphatic carbocycles. The Labute approximate surface area is 174 Å². The maximum Gasteiger partial charge on any atom is 0.339 e. The fourth-order valence-corrected chi connectivity index (χ4v) is 3.49. The number of para-hydroxylation sites is 2. The van der Waals surface area contributed by atoms with Crippen LogP contribution in [0.3, 0.4) is 0 Å². The number of esters is 1. The van der Waals surface area contributed by atoms with Gasteiger partial charge in [-0.05, 0) is 51.5 Å². The van der Waals surface area contributed by atoms with E-state index in [0.29, 0.717) is 16.5 Å². The van der Waals surface area contributed by atoms with Crippen molar-refractivity contribution in [3.63, 3.8) is 0 Å². The molecule has 1 amide bonds. The topological polar surface area (TPSA) is 81.4 Å². The molecule has 3 rings (SSSR count). The summed E-state index contributed by atoms with van der Waals surface area (Å²) in [5.74, 6) is -0.375. The Morgan fingerprint density at radius 1 is 1.14 bits per heavy atom.